The maximum Gasteiger partial charge on any atom is 0.260 e. The van der Waals surface area contributed by atoms with Gasteiger partial charge < -0.3 is 10.7 Å². The van der Waals surface area contributed by atoms with Crippen molar-refractivity contribution in [2.45, 2.75) is 17.9 Å². The highest BCUT2D eigenvalue weighted by Crippen LogP contribution is 2.22. The molecule has 0 amide bonds. The molecular formula is C9H15N5O2S. The number of nitrogens with two attached hydrogens (primary N) is 1. The van der Waals surface area contributed by atoms with Crippen LogP contribution in [-0.4, -0.2) is 41.6 Å². The topological polar surface area (TPSA) is 116 Å². The normalized spacial score (nSPS) is 22.5. The second-order valence-electron chi connectivity index (χ2n) is 4.07. The summed E-state index contributed by atoms with van der Waals surface area (Å²) in [6.45, 7) is 0.738. The fraction of sp³-hybridized carbons (Fsp3) is 0.556. The zero-order valence-electron chi connectivity index (χ0n) is 9.26. The zero-order valence-corrected chi connectivity index (χ0v) is 10.1. The molecule has 0 spiro atoms. The Bertz CT molecular complexity index is 495. The molecule has 0 bridgehead atoms. The van der Waals surface area contributed by atoms with Crippen molar-refractivity contribution in [1.82, 2.24) is 14.3 Å². The number of aromatic nitrogens is 2. The van der Waals surface area contributed by atoms with E-state index in [4.69, 9.17) is 11.1 Å². The number of sulfonamides is 1. The van der Waals surface area contributed by atoms with Crippen LogP contribution in [0.1, 0.15) is 12.8 Å². The molecule has 1 aliphatic rings. The predicted molar refractivity (Wildman–Crippen MR) is 62.0 cm³/mol. The summed E-state index contributed by atoms with van der Waals surface area (Å²) in [7, 11) is -3.52. The number of hydrogen-bond acceptors (Lipinski definition) is 4. The Labute approximate surface area is 99.6 Å². The van der Waals surface area contributed by atoms with Crippen molar-refractivity contribution in [3.05, 3.63) is 12.5 Å². The summed E-state index contributed by atoms with van der Waals surface area (Å²) in [5.74, 6) is -0.129. The van der Waals surface area contributed by atoms with Crippen molar-refractivity contribution in [3.8, 4) is 0 Å². The van der Waals surface area contributed by atoms with Gasteiger partial charge in [-0.05, 0) is 12.8 Å². The smallest absolute Gasteiger partial charge is 0.260 e. The number of nitrogens with one attached hydrogen (secondary N) is 2. The highest BCUT2D eigenvalue weighted by molar-refractivity contribution is 7.89. The van der Waals surface area contributed by atoms with E-state index in [2.05, 4.69) is 9.97 Å². The maximum absolute atomic E-state index is 12.2. The minimum Gasteiger partial charge on any atom is -0.387 e. The highest BCUT2D eigenvalue weighted by Gasteiger charge is 2.32. The molecule has 1 unspecified atom stereocenters. The molecule has 94 valence electrons. The monoisotopic (exact) mass is 257 g/mol. The Hall–Kier alpha value is -1.41. The average Bonchev–Trinajstić information content (AvgIpc) is 2.83. The van der Waals surface area contributed by atoms with Gasteiger partial charge in [-0.2, -0.15) is 4.31 Å². The molecule has 1 aliphatic heterocycles. The standard InChI is InChI=1S/C9H15N5O2S/c10-9(11)7-2-1-3-14(5-7)17(15,16)8-4-12-6-13-8/h4,6-7H,1-3,5H2,(H3,10,11)(H,12,13). The van der Waals surface area contributed by atoms with Crippen LogP contribution in [0, 0.1) is 11.3 Å². The third-order valence-corrected chi connectivity index (χ3v) is 4.71. The van der Waals surface area contributed by atoms with Crippen LogP contribution < -0.4 is 5.73 Å². The van der Waals surface area contributed by atoms with E-state index >= 15 is 0 Å². The van der Waals surface area contributed by atoms with Gasteiger partial charge in [0.05, 0.1) is 18.4 Å². The first kappa shape index (κ1) is 12.1. The number of rotatable bonds is 3. The average molecular weight is 257 g/mol. The lowest BCUT2D eigenvalue weighted by Crippen LogP contribution is -2.43. The molecule has 0 saturated carbocycles. The number of piperidine rings is 1. The van der Waals surface area contributed by atoms with Gasteiger partial charge in [0.15, 0.2) is 5.03 Å². The lowest BCUT2D eigenvalue weighted by atomic mass is 9.99. The van der Waals surface area contributed by atoms with E-state index in [0.717, 1.165) is 12.8 Å². The van der Waals surface area contributed by atoms with Gasteiger partial charge in [-0.15, -0.1) is 0 Å². The molecule has 2 rings (SSSR count). The van der Waals surface area contributed by atoms with Crippen LogP contribution in [0.15, 0.2) is 17.6 Å². The summed E-state index contributed by atoms with van der Waals surface area (Å²) in [4.78, 5) is 6.30. The minimum absolute atomic E-state index is 0.0505. The molecule has 17 heavy (non-hydrogen) atoms. The summed E-state index contributed by atoms with van der Waals surface area (Å²) in [6, 6.07) is 0. The van der Waals surface area contributed by atoms with E-state index in [1.165, 1.54) is 16.8 Å². The fourth-order valence-corrected chi connectivity index (χ4v) is 3.36. The van der Waals surface area contributed by atoms with Crippen molar-refractivity contribution in [1.29, 1.82) is 5.41 Å². The molecule has 0 aliphatic carbocycles. The fourth-order valence-electron chi connectivity index (χ4n) is 1.94. The summed E-state index contributed by atoms with van der Waals surface area (Å²) in [5, 5.41) is 7.48. The van der Waals surface area contributed by atoms with Crippen LogP contribution in [0.4, 0.5) is 0 Å². The summed E-state index contributed by atoms with van der Waals surface area (Å²) in [5.41, 5.74) is 5.43. The largest absolute Gasteiger partial charge is 0.387 e. The quantitative estimate of drug-likeness (QED) is 0.511. The minimum atomic E-state index is -3.52. The van der Waals surface area contributed by atoms with E-state index in [1.54, 1.807) is 0 Å². The molecule has 1 aromatic heterocycles. The van der Waals surface area contributed by atoms with E-state index < -0.39 is 10.0 Å². The SMILES string of the molecule is N=C(N)C1CCCN(S(=O)(=O)c2cnc[nH]2)C1. The summed E-state index contributed by atoms with van der Waals surface area (Å²) < 4.78 is 25.7. The Balaban J connectivity index is 2.20. The van der Waals surface area contributed by atoms with E-state index in [-0.39, 0.29) is 23.3 Å². The third kappa shape index (κ3) is 2.32. The van der Waals surface area contributed by atoms with Crippen LogP contribution in [0.2, 0.25) is 0 Å². The van der Waals surface area contributed by atoms with Crippen molar-refractivity contribution < 1.29 is 8.42 Å². The third-order valence-electron chi connectivity index (χ3n) is 2.91. The first-order valence-electron chi connectivity index (χ1n) is 5.34. The summed E-state index contributed by atoms with van der Waals surface area (Å²) in [6.07, 6.45) is 4.11. The number of H-pyrrole nitrogens is 1. The van der Waals surface area contributed by atoms with Crippen LogP contribution in [0.25, 0.3) is 0 Å². The molecule has 1 atom stereocenters. The van der Waals surface area contributed by atoms with Crippen molar-refractivity contribution in [2.24, 2.45) is 11.7 Å². The maximum atomic E-state index is 12.2. The molecule has 7 nitrogen and oxygen atoms in total. The molecule has 8 heteroatoms. The van der Waals surface area contributed by atoms with Crippen LogP contribution in [0.5, 0.6) is 0 Å². The molecule has 2 heterocycles. The van der Waals surface area contributed by atoms with Crippen LogP contribution >= 0.6 is 0 Å². The van der Waals surface area contributed by atoms with E-state index in [9.17, 15) is 8.42 Å². The number of amidine groups is 1. The molecule has 1 aromatic rings. The van der Waals surface area contributed by atoms with Crippen LogP contribution in [-0.2, 0) is 10.0 Å². The first-order chi connectivity index (χ1) is 8.01. The first-order valence-corrected chi connectivity index (χ1v) is 6.78. The van der Waals surface area contributed by atoms with Crippen molar-refractivity contribution in [3.63, 3.8) is 0 Å². The lowest BCUT2D eigenvalue weighted by Gasteiger charge is -2.30. The molecule has 4 N–H and O–H groups in total. The number of aromatic amines is 1. The number of hydrogen-bond donors (Lipinski definition) is 3. The predicted octanol–water partition coefficient (Wildman–Crippen LogP) is -0.254. The number of imidazole rings is 1. The molecule has 1 saturated heterocycles. The second-order valence-corrected chi connectivity index (χ2v) is 5.98. The Morgan fingerprint density at radius 1 is 1.65 bits per heavy atom. The van der Waals surface area contributed by atoms with Gasteiger partial charge in [0.1, 0.15) is 0 Å². The van der Waals surface area contributed by atoms with Crippen molar-refractivity contribution in [2.75, 3.05) is 13.1 Å². The van der Waals surface area contributed by atoms with Gasteiger partial charge in [-0.25, -0.2) is 13.4 Å². The van der Waals surface area contributed by atoms with Crippen LogP contribution in [0.3, 0.4) is 0 Å². The van der Waals surface area contributed by atoms with E-state index in [1.807, 2.05) is 0 Å². The van der Waals surface area contributed by atoms with Gasteiger partial charge in [0.2, 0.25) is 0 Å². The molecular weight excluding hydrogens is 242 g/mol. The molecule has 1 fully saturated rings. The second kappa shape index (κ2) is 4.46. The van der Waals surface area contributed by atoms with Gasteiger partial charge in [0.25, 0.3) is 10.0 Å². The van der Waals surface area contributed by atoms with Gasteiger partial charge in [0, 0.05) is 19.0 Å². The van der Waals surface area contributed by atoms with E-state index in [0.29, 0.717) is 6.54 Å². The molecule has 0 aromatic carbocycles. The Morgan fingerprint density at radius 3 is 3.00 bits per heavy atom. The van der Waals surface area contributed by atoms with Gasteiger partial charge in [-0.3, -0.25) is 5.41 Å². The summed E-state index contributed by atoms with van der Waals surface area (Å²) >= 11 is 0. The zero-order chi connectivity index (χ0) is 12.5. The lowest BCUT2D eigenvalue weighted by molar-refractivity contribution is 0.309. The van der Waals surface area contributed by atoms with Crippen molar-refractivity contribution >= 4 is 15.9 Å². The number of nitrogens with zero attached hydrogens (tertiary/aromatic N) is 2. The molecule has 0 radical (unpaired) electrons. The highest BCUT2D eigenvalue weighted by atomic mass is 32.2. The Kier molecular flexibility index (Phi) is 3.16. The van der Waals surface area contributed by atoms with Gasteiger partial charge in [-0.1, -0.05) is 0 Å². The van der Waals surface area contributed by atoms with Gasteiger partial charge >= 0.3 is 0 Å². The Morgan fingerprint density at radius 2 is 2.41 bits per heavy atom.